The SMILES string of the molecule is CC(Cl)c1nc2ccc(Br)cc2n1Cc1nncn1C. The fraction of sp³-hybridized carbons (Fsp3) is 0.308. The van der Waals surface area contributed by atoms with Gasteiger partial charge in [-0.05, 0) is 25.1 Å². The van der Waals surface area contributed by atoms with Crippen molar-refractivity contribution in [3.63, 3.8) is 0 Å². The maximum absolute atomic E-state index is 6.26. The third kappa shape index (κ3) is 2.33. The molecule has 1 atom stereocenters. The van der Waals surface area contributed by atoms with Crippen molar-refractivity contribution in [2.24, 2.45) is 7.05 Å². The molecule has 0 bridgehead atoms. The molecule has 1 aromatic carbocycles. The van der Waals surface area contributed by atoms with Crippen molar-refractivity contribution >= 4 is 38.6 Å². The number of aryl methyl sites for hydroxylation is 1. The molecule has 0 saturated carbocycles. The highest BCUT2D eigenvalue weighted by Gasteiger charge is 2.16. The molecular weight excluding hydrogens is 342 g/mol. The number of fused-ring (bicyclic) bond motifs is 1. The van der Waals surface area contributed by atoms with Gasteiger partial charge in [0.1, 0.15) is 12.2 Å². The number of aromatic nitrogens is 5. The second-order valence-corrected chi connectivity index (χ2v) is 6.23. The summed E-state index contributed by atoms with van der Waals surface area (Å²) in [5.74, 6) is 1.70. The Labute approximate surface area is 129 Å². The van der Waals surface area contributed by atoms with E-state index in [1.165, 1.54) is 0 Å². The van der Waals surface area contributed by atoms with Gasteiger partial charge in [-0.2, -0.15) is 0 Å². The molecule has 0 aliphatic carbocycles. The molecule has 0 fully saturated rings. The number of alkyl halides is 1. The molecule has 5 nitrogen and oxygen atoms in total. The predicted molar refractivity (Wildman–Crippen MR) is 81.8 cm³/mol. The predicted octanol–water partition coefficient (Wildman–Crippen LogP) is 3.28. The van der Waals surface area contributed by atoms with Gasteiger partial charge in [0, 0.05) is 11.5 Å². The van der Waals surface area contributed by atoms with Crippen LogP contribution < -0.4 is 0 Å². The van der Waals surface area contributed by atoms with Crippen LogP contribution in [-0.4, -0.2) is 24.3 Å². The summed E-state index contributed by atoms with van der Waals surface area (Å²) in [7, 11) is 1.92. The molecule has 1 unspecified atom stereocenters. The fourth-order valence-electron chi connectivity index (χ4n) is 2.18. The summed E-state index contributed by atoms with van der Waals surface area (Å²) in [4.78, 5) is 4.62. The van der Waals surface area contributed by atoms with Crippen LogP contribution in [0.15, 0.2) is 29.0 Å². The van der Waals surface area contributed by atoms with Gasteiger partial charge in [-0.3, -0.25) is 0 Å². The highest BCUT2D eigenvalue weighted by Crippen LogP contribution is 2.27. The van der Waals surface area contributed by atoms with E-state index in [1.807, 2.05) is 36.7 Å². The largest absolute Gasteiger partial charge is 0.319 e. The molecular formula is C13H13BrClN5. The minimum Gasteiger partial charge on any atom is -0.319 e. The third-order valence-corrected chi connectivity index (χ3v) is 3.89. The lowest BCUT2D eigenvalue weighted by atomic mass is 10.3. The van der Waals surface area contributed by atoms with Crippen molar-refractivity contribution in [3.05, 3.63) is 40.6 Å². The van der Waals surface area contributed by atoms with Crippen LogP contribution in [0.25, 0.3) is 11.0 Å². The lowest BCUT2D eigenvalue weighted by Crippen LogP contribution is -2.09. The molecule has 0 aliphatic rings. The van der Waals surface area contributed by atoms with Gasteiger partial charge < -0.3 is 9.13 Å². The first-order valence-electron chi connectivity index (χ1n) is 6.19. The van der Waals surface area contributed by atoms with E-state index in [0.717, 1.165) is 27.2 Å². The van der Waals surface area contributed by atoms with Crippen molar-refractivity contribution in [1.29, 1.82) is 0 Å². The van der Waals surface area contributed by atoms with Crippen molar-refractivity contribution < 1.29 is 0 Å². The summed E-state index contributed by atoms with van der Waals surface area (Å²) >= 11 is 9.76. The summed E-state index contributed by atoms with van der Waals surface area (Å²) in [5.41, 5.74) is 1.96. The van der Waals surface area contributed by atoms with Crippen molar-refractivity contribution in [2.75, 3.05) is 0 Å². The quantitative estimate of drug-likeness (QED) is 0.678. The van der Waals surface area contributed by atoms with E-state index in [-0.39, 0.29) is 5.38 Å². The average molecular weight is 355 g/mol. The van der Waals surface area contributed by atoms with Crippen LogP contribution in [0.5, 0.6) is 0 Å². The van der Waals surface area contributed by atoms with E-state index in [4.69, 9.17) is 11.6 Å². The van der Waals surface area contributed by atoms with E-state index in [1.54, 1.807) is 6.33 Å². The Morgan fingerprint density at radius 2 is 2.20 bits per heavy atom. The topological polar surface area (TPSA) is 48.5 Å². The first-order valence-corrected chi connectivity index (χ1v) is 7.42. The van der Waals surface area contributed by atoms with Crippen LogP contribution in [-0.2, 0) is 13.6 Å². The summed E-state index contributed by atoms with van der Waals surface area (Å²) in [6.45, 7) is 2.51. The van der Waals surface area contributed by atoms with Crippen molar-refractivity contribution in [1.82, 2.24) is 24.3 Å². The van der Waals surface area contributed by atoms with Crippen LogP contribution >= 0.6 is 27.5 Å². The number of imidazole rings is 1. The van der Waals surface area contributed by atoms with Gasteiger partial charge >= 0.3 is 0 Å². The van der Waals surface area contributed by atoms with Gasteiger partial charge in [-0.1, -0.05) is 15.9 Å². The number of halogens is 2. The lowest BCUT2D eigenvalue weighted by Gasteiger charge is -2.10. The zero-order valence-corrected chi connectivity index (χ0v) is 13.4. The molecule has 0 aliphatic heterocycles. The van der Waals surface area contributed by atoms with Gasteiger partial charge in [-0.15, -0.1) is 21.8 Å². The molecule has 0 radical (unpaired) electrons. The Bertz CT molecular complexity index is 761. The van der Waals surface area contributed by atoms with E-state index >= 15 is 0 Å². The molecule has 0 amide bonds. The van der Waals surface area contributed by atoms with Crippen LogP contribution in [0, 0.1) is 0 Å². The monoisotopic (exact) mass is 353 g/mol. The Hall–Kier alpha value is -1.40. The molecule has 0 spiro atoms. The van der Waals surface area contributed by atoms with Crippen molar-refractivity contribution in [2.45, 2.75) is 18.8 Å². The van der Waals surface area contributed by atoms with Crippen LogP contribution in [0.1, 0.15) is 23.9 Å². The first-order chi connectivity index (χ1) is 9.56. The summed E-state index contributed by atoms with van der Waals surface area (Å²) < 4.78 is 4.99. The van der Waals surface area contributed by atoms with Gasteiger partial charge in [0.15, 0.2) is 5.82 Å². The van der Waals surface area contributed by atoms with E-state index < -0.39 is 0 Å². The smallest absolute Gasteiger partial charge is 0.152 e. The second-order valence-electron chi connectivity index (χ2n) is 4.66. The Morgan fingerprint density at radius 1 is 1.40 bits per heavy atom. The Balaban J connectivity index is 2.18. The van der Waals surface area contributed by atoms with E-state index in [0.29, 0.717) is 6.54 Å². The summed E-state index contributed by atoms with van der Waals surface area (Å²) in [6, 6.07) is 6.00. The number of benzene rings is 1. The highest BCUT2D eigenvalue weighted by atomic mass is 79.9. The van der Waals surface area contributed by atoms with E-state index in [2.05, 4.69) is 35.7 Å². The molecule has 7 heteroatoms. The molecule has 104 valence electrons. The maximum atomic E-state index is 6.26. The minimum absolute atomic E-state index is 0.172. The Morgan fingerprint density at radius 3 is 2.85 bits per heavy atom. The van der Waals surface area contributed by atoms with Gasteiger partial charge in [0.2, 0.25) is 0 Å². The number of nitrogens with zero attached hydrogens (tertiary/aromatic N) is 5. The third-order valence-electron chi connectivity index (χ3n) is 3.20. The molecule has 2 heterocycles. The second kappa shape index (κ2) is 5.18. The molecule has 3 rings (SSSR count). The summed E-state index contributed by atoms with van der Waals surface area (Å²) in [5, 5.41) is 7.87. The van der Waals surface area contributed by atoms with Crippen LogP contribution in [0.3, 0.4) is 0 Å². The molecule has 0 saturated heterocycles. The first kappa shape index (κ1) is 13.6. The summed E-state index contributed by atoms with van der Waals surface area (Å²) in [6.07, 6.45) is 1.69. The highest BCUT2D eigenvalue weighted by molar-refractivity contribution is 9.10. The lowest BCUT2D eigenvalue weighted by molar-refractivity contribution is 0.675. The van der Waals surface area contributed by atoms with Crippen LogP contribution in [0.2, 0.25) is 0 Å². The standard InChI is InChI=1S/C13H13BrClN5/c1-8(15)13-17-10-4-3-9(14)5-11(10)20(13)6-12-18-16-7-19(12)2/h3-5,7-8H,6H2,1-2H3. The van der Waals surface area contributed by atoms with E-state index in [9.17, 15) is 0 Å². The number of rotatable bonds is 3. The zero-order valence-electron chi connectivity index (χ0n) is 11.1. The Kier molecular flexibility index (Phi) is 3.52. The van der Waals surface area contributed by atoms with Gasteiger partial charge in [-0.25, -0.2) is 4.98 Å². The number of hydrogen-bond donors (Lipinski definition) is 0. The average Bonchev–Trinajstić information content (AvgIpc) is 2.95. The number of hydrogen-bond acceptors (Lipinski definition) is 3. The van der Waals surface area contributed by atoms with Gasteiger partial charge in [0.05, 0.1) is 23.0 Å². The molecule has 20 heavy (non-hydrogen) atoms. The van der Waals surface area contributed by atoms with Crippen LogP contribution in [0.4, 0.5) is 0 Å². The van der Waals surface area contributed by atoms with Crippen molar-refractivity contribution in [3.8, 4) is 0 Å². The molecule has 3 aromatic rings. The van der Waals surface area contributed by atoms with Gasteiger partial charge in [0.25, 0.3) is 0 Å². The molecule has 2 aromatic heterocycles. The molecule has 0 N–H and O–H groups in total. The zero-order chi connectivity index (χ0) is 14.3. The normalized spacial score (nSPS) is 13.0. The maximum Gasteiger partial charge on any atom is 0.152 e. The minimum atomic E-state index is -0.172. The fourth-order valence-corrected chi connectivity index (χ4v) is 2.69.